The van der Waals surface area contributed by atoms with E-state index in [0.29, 0.717) is 17.9 Å². The molecule has 0 saturated carbocycles. The first-order valence-corrected chi connectivity index (χ1v) is 9.93. The summed E-state index contributed by atoms with van der Waals surface area (Å²) in [5.41, 5.74) is 7.61. The summed E-state index contributed by atoms with van der Waals surface area (Å²) in [4.78, 5) is 23.4. The smallest absolute Gasteiger partial charge is 0.355 e. The Morgan fingerprint density at radius 1 is 1.35 bits per heavy atom. The predicted octanol–water partition coefficient (Wildman–Crippen LogP) is 0.549. The summed E-state index contributed by atoms with van der Waals surface area (Å²) in [7, 11) is -4.33. The molecule has 9 nitrogen and oxygen atoms in total. The number of rotatable bonds is 1. The minimum absolute atomic E-state index is 0.0625. The third-order valence-electron chi connectivity index (χ3n) is 4.16. The standard InChI is InChI=1S/C8H5NO3S.C7H11NO4S/c10-5-1-6-9(5)7-4(3-13-6)2-12-8(7)11;1-4-2-6(9)7(3-5(4)8)13(10,11)12/h1H,2-3H2;2,5,9H,3,8H2,1H3,(H,10,11,12). The fourth-order valence-electron chi connectivity index (χ4n) is 2.66. The first-order valence-electron chi connectivity index (χ1n) is 7.50. The van der Waals surface area contributed by atoms with Crippen LogP contribution < -0.4 is 5.73 Å². The molecule has 4 aliphatic rings. The number of nitrogens with zero attached hydrogens (tertiary/aromatic N) is 1. The zero-order chi connectivity index (χ0) is 19.2. The van der Waals surface area contributed by atoms with Crippen LogP contribution in [-0.4, -0.2) is 53.3 Å². The van der Waals surface area contributed by atoms with Crippen molar-refractivity contribution in [3.8, 4) is 0 Å². The van der Waals surface area contributed by atoms with Gasteiger partial charge in [-0.15, -0.1) is 11.8 Å². The van der Waals surface area contributed by atoms with Gasteiger partial charge in [0.1, 0.15) is 23.0 Å². The van der Waals surface area contributed by atoms with Crippen LogP contribution in [0.25, 0.3) is 0 Å². The molecule has 1 amide bonds. The van der Waals surface area contributed by atoms with E-state index in [-0.39, 0.29) is 18.3 Å². The molecule has 140 valence electrons. The number of nitrogens with two attached hydrogens (primary N) is 1. The number of allylic oxidation sites excluding steroid dienone is 1. The van der Waals surface area contributed by atoms with Gasteiger partial charge in [-0.25, -0.2) is 4.79 Å². The van der Waals surface area contributed by atoms with Crippen LogP contribution in [0.5, 0.6) is 0 Å². The van der Waals surface area contributed by atoms with Crippen LogP contribution >= 0.6 is 11.8 Å². The molecule has 4 rings (SSSR count). The molecule has 0 fully saturated rings. The lowest BCUT2D eigenvalue weighted by molar-refractivity contribution is -0.140. The number of ether oxygens (including phenoxy) is 1. The molecule has 3 aliphatic heterocycles. The molecule has 0 saturated heterocycles. The van der Waals surface area contributed by atoms with Crippen molar-refractivity contribution < 1.29 is 32.4 Å². The van der Waals surface area contributed by atoms with Crippen LogP contribution in [0.3, 0.4) is 0 Å². The minimum Gasteiger partial charge on any atom is -0.507 e. The molecule has 1 unspecified atom stereocenters. The Bertz CT molecular complexity index is 928. The molecule has 11 heteroatoms. The van der Waals surface area contributed by atoms with Gasteiger partial charge in [0.05, 0.1) is 5.03 Å². The molecular formula is C15H16N2O7S2. The van der Waals surface area contributed by atoms with E-state index in [9.17, 15) is 23.1 Å². The first kappa shape index (κ1) is 18.7. The number of esters is 1. The molecule has 0 spiro atoms. The third kappa shape index (κ3) is 3.30. The quantitative estimate of drug-likeness (QED) is 0.424. The van der Waals surface area contributed by atoms with Crippen molar-refractivity contribution >= 4 is 33.8 Å². The topological polar surface area (TPSA) is 147 Å². The molecule has 0 radical (unpaired) electrons. The van der Waals surface area contributed by atoms with Gasteiger partial charge in [-0.05, 0) is 13.0 Å². The number of amides is 1. The van der Waals surface area contributed by atoms with E-state index in [1.54, 1.807) is 24.8 Å². The summed E-state index contributed by atoms with van der Waals surface area (Å²) in [6.45, 7) is 2.03. The van der Waals surface area contributed by atoms with Crippen LogP contribution in [0.1, 0.15) is 13.3 Å². The fourth-order valence-corrected chi connectivity index (χ4v) is 4.41. The number of aliphatic hydroxyl groups is 1. The third-order valence-corrected chi connectivity index (χ3v) is 6.25. The van der Waals surface area contributed by atoms with Crippen molar-refractivity contribution in [2.75, 3.05) is 12.4 Å². The van der Waals surface area contributed by atoms with E-state index in [2.05, 4.69) is 0 Å². The summed E-state index contributed by atoms with van der Waals surface area (Å²) in [6.07, 6.45) is 2.73. The molecule has 0 aromatic rings. The van der Waals surface area contributed by atoms with Gasteiger partial charge in [0.2, 0.25) is 0 Å². The van der Waals surface area contributed by atoms with Gasteiger partial charge < -0.3 is 15.6 Å². The van der Waals surface area contributed by atoms with E-state index >= 15 is 0 Å². The Morgan fingerprint density at radius 2 is 2.04 bits per heavy atom. The second-order valence-electron chi connectivity index (χ2n) is 5.96. The van der Waals surface area contributed by atoms with Gasteiger partial charge in [-0.3, -0.25) is 14.2 Å². The molecule has 1 atom stereocenters. The SMILES string of the molecule is CC1=CC(O)=C(S(=O)(=O)O)CC1N.O=C1OCC2=C1N1C(=O)C=C1SC2. The molecule has 4 N–H and O–H groups in total. The molecule has 26 heavy (non-hydrogen) atoms. The Morgan fingerprint density at radius 3 is 2.65 bits per heavy atom. The summed E-state index contributed by atoms with van der Waals surface area (Å²) in [5.74, 6) is -0.152. The predicted molar refractivity (Wildman–Crippen MR) is 92.9 cm³/mol. The largest absolute Gasteiger partial charge is 0.507 e. The van der Waals surface area contributed by atoms with Crippen molar-refractivity contribution in [1.82, 2.24) is 4.90 Å². The number of fused-ring (bicyclic) bond motifs is 2. The number of hydrogen-bond donors (Lipinski definition) is 3. The lowest BCUT2D eigenvalue weighted by atomic mass is 10.0. The van der Waals surface area contributed by atoms with E-state index < -0.39 is 26.8 Å². The van der Waals surface area contributed by atoms with Crippen LogP contribution in [0.15, 0.2) is 44.7 Å². The molecule has 0 aromatic carbocycles. The number of cyclic esters (lactones) is 1. The Hall–Kier alpha value is -2.08. The maximum atomic E-state index is 11.2. The zero-order valence-corrected chi connectivity index (χ0v) is 15.3. The summed E-state index contributed by atoms with van der Waals surface area (Å²) < 4.78 is 34.9. The number of thioether (sulfide) groups is 1. The summed E-state index contributed by atoms with van der Waals surface area (Å²) in [5, 5.41) is 10.1. The van der Waals surface area contributed by atoms with E-state index in [4.69, 9.17) is 15.0 Å². The number of carbonyl (C=O) groups is 2. The van der Waals surface area contributed by atoms with Crippen molar-refractivity contribution in [2.24, 2.45) is 5.73 Å². The van der Waals surface area contributed by atoms with Crippen LogP contribution in [-0.2, 0) is 24.4 Å². The van der Waals surface area contributed by atoms with E-state index in [0.717, 1.165) is 16.4 Å². The van der Waals surface area contributed by atoms with E-state index in [1.807, 2.05) is 0 Å². The van der Waals surface area contributed by atoms with Crippen LogP contribution in [0.2, 0.25) is 0 Å². The number of carbonyl (C=O) groups excluding carboxylic acids is 2. The fraction of sp³-hybridized carbons (Fsp3) is 0.333. The molecule has 0 bridgehead atoms. The average Bonchev–Trinajstić information content (AvgIpc) is 2.89. The van der Waals surface area contributed by atoms with E-state index in [1.165, 1.54) is 11.0 Å². The highest BCUT2D eigenvalue weighted by atomic mass is 32.2. The van der Waals surface area contributed by atoms with Crippen molar-refractivity contribution in [3.05, 3.63) is 44.7 Å². The van der Waals surface area contributed by atoms with Gasteiger partial charge >= 0.3 is 5.97 Å². The molecule has 3 heterocycles. The highest BCUT2D eigenvalue weighted by molar-refractivity contribution is 8.03. The van der Waals surface area contributed by atoms with Crippen molar-refractivity contribution in [3.63, 3.8) is 0 Å². The lowest BCUT2D eigenvalue weighted by Gasteiger charge is -2.33. The number of hydrogen-bond acceptors (Lipinski definition) is 8. The Kier molecular flexibility index (Phi) is 4.73. The van der Waals surface area contributed by atoms with Gasteiger partial charge in [-0.1, -0.05) is 5.57 Å². The Labute approximate surface area is 153 Å². The Balaban J connectivity index is 0.000000151. The molecule has 1 aliphatic carbocycles. The highest BCUT2D eigenvalue weighted by Gasteiger charge is 2.42. The maximum absolute atomic E-state index is 11.2. The molecule has 0 aromatic heterocycles. The highest BCUT2D eigenvalue weighted by Crippen LogP contribution is 2.41. The van der Waals surface area contributed by atoms with Gasteiger partial charge in [0.15, 0.2) is 0 Å². The second-order valence-corrected chi connectivity index (χ2v) is 8.39. The first-order chi connectivity index (χ1) is 12.1. The van der Waals surface area contributed by atoms with Crippen molar-refractivity contribution in [2.45, 2.75) is 19.4 Å². The normalized spacial score (nSPS) is 24.7. The monoisotopic (exact) mass is 400 g/mol. The summed E-state index contributed by atoms with van der Waals surface area (Å²) >= 11 is 1.57. The van der Waals surface area contributed by atoms with Gasteiger partial charge in [-0.2, -0.15) is 8.42 Å². The minimum atomic E-state index is -4.33. The lowest BCUT2D eigenvalue weighted by Crippen LogP contribution is -2.39. The maximum Gasteiger partial charge on any atom is 0.355 e. The average molecular weight is 400 g/mol. The number of aliphatic hydroxyl groups excluding tert-OH is 1. The second kappa shape index (κ2) is 6.58. The molecular weight excluding hydrogens is 384 g/mol. The van der Waals surface area contributed by atoms with Crippen molar-refractivity contribution in [1.29, 1.82) is 0 Å². The zero-order valence-electron chi connectivity index (χ0n) is 13.6. The summed E-state index contributed by atoms with van der Waals surface area (Å²) in [6, 6.07) is -0.465. The van der Waals surface area contributed by atoms with Crippen LogP contribution in [0, 0.1) is 0 Å². The van der Waals surface area contributed by atoms with Crippen LogP contribution in [0.4, 0.5) is 0 Å². The van der Waals surface area contributed by atoms with Gasteiger partial charge in [0, 0.05) is 29.9 Å². The van der Waals surface area contributed by atoms with Gasteiger partial charge in [0.25, 0.3) is 16.0 Å².